The lowest BCUT2D eigenvalue weighted by Gasteiger charge is -2.53. The molecule has 0 bridgehead atoms. The van der Waals surface area contributed by atoms with Gasteiger partial charge in [-0.2, -0.15) is 0 Å². The molecule has 4 N–H and O–H groups in total. The summed E-state index contributed by atoms with van der Waals surface area (Å²) in [6.45, 7) is 22.0. The van der Waals surface area contributed by atoms with Crippen molar-refractivity contribution in [2.24, 2.45) is 0 Å². The van der Waals surface area contributed by atoms with Gasteiger partial charge in [-0.1, -0.05) is 214 Å². The van der Waals surface area contributed by atoms with Crippen molar-refractivity contribution in [2.75, 3.05) is 88.3 Å². The molecule has 6 aliphatic rings. The minimum Gasteiger partial charge on any atom is -0.379 e. The lowest BCUT2D eigenvalue weighted by molar-refractivity contribution is -0.00778. The second-order valence-corrected chi connectivity index (χ2v) is 37.3. The molecule has 0 radical (unpaired) electrons. The zero-order valence-electron chi connectivity index (χ0n) is 69.8. The molecule has 4 aliphatic carbocycles. The number of rotatable bonds is 17. The molecule has 0 saturated carbocycles. The Kier molecular flexibility index (Phi) is 27.6. The van der Waals surface area contributed by atoms with E-state index >= 15 is 0 Å². The van der Waals surface area contributed by atoms with Crippen molar-refractivity contribution in [1.29, 1.82) is 0 Å². The zero-order valence-corrected chi connectivity index (χ0v) is 75.8. The summed E-state index contributed by atoms with van der Waals surface area (Å²) >= 11 is 49.8. The number of halogens is 8. The van der Waals surface area contributed by atoms with E-state index in [1.54, 1.807) is 0 Å². The first-order valence-electron chi connectivity index (χ1n) is 41.5. The van der Waals surface area contributed by atoms with Gasteiger partial charge >= 0.3 is 0 Å². The fourth-order valence-electron chi connectivity index (χ4n) is 17.6. The monoisotopic (exact) mass is 1770 g/mol. The van der Waals surface area contributed by atoms with E-state index in [-0.39, 0.29) is 40.8 Å². The molecule has 4 aromatic heterocycles. The van der Waals surface area contributed by atoms with Gasteiger partial charge in [0.05, 0.1) is 76.2 Å². The first-order valence-corrected chi connectivity index (χ1v) is 44.5. The highest BCUT2D eigenvalue weighted by molar-refractivity contribution is 6.43. The van der Waals surface area contributed by atoms with Crippen LogP contribution in [0.4, 0.5) is 23.8 Å². The van der Waals surface area contributed by atoms with E-state index in [1.165, 1.54) is 22.3 Å². The number of nitrogens with one attached hydrogen (secondary N) is 4. The number of fused-ring (bicyclic) bond motifs is 12. The molecule has 2 fully saturated rings. The van der Waals surface area contributed by atoms with Crippen molar-refractivity contribution < 1.29 is 4.74 Å². The van der Waals surface area contributed by atoms with Crippen molar-refractivity contribution in [1.82, 2.24) is 54.6 Å². The van der Waals surface area contributed by atoms with Crippen LogP contribution in [0, 0.1) is 0 Å². The number of aromatic nitrogens is 8. The Morgan fingerprint density at radius 1 is 0.430 bits per heavy atom. The molecule has 0 spiro atoms. The maximum absolute atomic E-state index is 6.35. The van der Waals surface area contributed by atoms with Crippen molar-refractivity contribution in [3.8, 4) is 45.0 Å². The SMILES string of the molecule is CC(C)Nc1ncc2c(n1)-c1ccccc1C(c1ccc(Cl)c(Cl)c1)C2.CC(CNc1ncc2c(n1)-c1ccccc1C(c1ccc(Cl)c(Cl)c1)C2)N(C)C.CN1C(C)(C)CC(Nc2ncc3c(n2)-c2ccccc2C(c2ccc(Cl)c(Cl)c2)C3)CC1(C)C.Clc1ccc(C2Cc3cnc(NCCCN4CCOCC4)nc3-c3ccccc32)cc1Cl. The number of morpholine rings is 1. The number of hydrogen-bond acceptors (Lipinski definition) is 16. The number of nitrogens with zero attached hydrogens (tertiary/aromatic N) is 11. The smallest absolute Gasteiger partial charge is 0.223 e. The van der Waals surface area contributed by atoms with Gasteiger partial charge in [0.1, 0.15) is 0 Å². The number of piperidine rings is 1. The van der Waals surface area contributed by atoms with Crippen LogP contribution in [0.2, 0.25) is 40.2 Å². The van der Waals surface area contributed by atoms with Gasteiger partial charge in [-0.25, -0.2) is 39.9 Å². The Morgan fingerprint density at radius 3 is 1.12 bits per heavy atom. The summed E-state index contributed by atoms with van der Waals surface area (Å²) < 4.78 is 5.41. The van der Waals surface area contributed by atoms with Crippen LogP contribution in [0.3, 0.4) is 0 Å². The van der Waals surface area contributed by atoms with Crippen LogP contribution >= 0.6 is 92.8 Å². The van der Waals surface area contributed by atoms with Gasteiger partial charge in [0.2, 0.25) is 23.8 Å². The third-order valence-electron chi connectivity index (χ3n) is 24.4. The van der Waals surface area contributed by atoms with Crippen molar-refractivity contribution in [3.05, 3.63) is 302 Å². The average molecular weight is 1780 g/mol. The molecule has 12 aromatic rings. The molecule has 0 amide bonds. The first kappa shape index (κ1) is 87.3. The van der Waals surface area contributed by atoms with Gasteiger partial charge < -0.3 is 30.9 Å². The number of benzene rings is 8. The van der Waals surface area contributed by atoms with E-state index in [4.69, 9.17) is 122 Å². The Morgan fingerprint density at radius 2 is 0.760 bits per heavy atom. The lowest BCUT2D eigenvalue weighted by Crippen LogP contribution is -2.61. The standard InChI is InChI=1S/C28H32Cl2N4.C25H26Cl2N4O.C23H24Cl2N4.C21H19Cl2N3/c1-27(2)14-19(15-28(3,4)34(27)5)32-26-31-16-18-12-22(17-10-11-23(29)24(30)13-17)20-8-6-7-9-21(20)25(18)33-26;26-22-7-6-17(15-23(22)27)21-14-18-16-29-25(28-8-3-9-31-10-12-32-13-11-31)30-24(18)20-5-2-1-4-19(20)21;1-14(29(2)3)12-26-23-27-13-16-10-19(15-8-9-20(24)21(25)11-15)17-6-4-5-7-18(17)22(16)28-23;1-12(2)25-21-24-11-14-9-17(13-7-8-18(22)19(23)10-13)15-5-3-4-6-16(15)20(14)26-21/h6-11,13,16,19,22H,12,14-15H2,1-5H3,(H,31,32,33);1-2,4-7,15-16,21H,3,8-14H2,(H,28,29,30);4-9,11,13-14,19H,10,12H2,1-3H3,(H,26,27,28);3-8,10-12,17H,9H2,1-2H3,(H,24,25,26). The van der Waals surface area contributed by atoms with E-state index in [0.717, 1.165) is 180 Å². The molecular formula is C97H101Cl8N15O. The fraction of sp³-hybridized carbons (Fsp3) is 0.340. The van der Waals surface area contributed by atoms with Crippen LogP contribution in [-0.2, 0) is 30.4 Å². The van der Waals surface area contributed by atoms with Crippen LogP contribution < -0.4 is 21.3 Å². The van der Waals surface area contributed by atoms with E-state index < -0.39 is 0 Å². The summed E-state index contributed by atoms with van der Waals surface area (Å²) in [6, 6.07) is 58.5. The molecule has 5 atom stereocenters. The molecule has 626 valence electrons. The molecule has 8 aromatic carbocycles. The van der Waals surface area contributed by atoms with Crippen molar-refractivity contribution >= 4 is 117 Å². The van der Waals surface area contributed by atoms with Crippen LogP contribution in [-0.4, -0.2) is 151 Å². The van der Waals surface area contributed by atoms with Crippen molar-refractivity contribution in [2.45, 2.75) is 146 Å². The predicted octanol–water partition coefficient (Wildman–Crippen LogP) is 23.9. The number of likely N-dealkylation sites (tertiary alicyclic amines) is 1. The third-order valence-corrected chi connectivity index (χ3v) is 27.4. The summed E-state index contributed by atoms with van der Waals surface area (Å²) in [5.41, 5.74) is 23.1. The lowest BCUT2D eigenvalue weighted by atomic mass is 9.77. The molecule has 18 rings (SSSR count). The second kappa shape index (κ2) is 38.3. The molecule has 121 heavy (non-hydrogen) atoms. The van der Waals surface area contributed by atoms with E-state index in [2.05, 4.69) is 242 Å². The Labute approximate surface area is 751 Å². The Hall–Kier alpha value is -8.56. The largest absolute Gasteiger partial charge is 0.379 e. The molecule has 2 aliphatic heterocycles. The average Bonchev–Trinajstić information content (AvgIpc) is 0.764. The normalized spacial score (nSPS) is 18.1. The molecular weight excluding hydrogens is 1670 g/mol. The van der Waals surface area contributed by atoms with Gasteiger partial charge in [0, 0.05) is 126 Å². The highest BCUT2D eigenvalue weighted by Crippen LogP contribution is 2.49. The molecule has 6 heterocycles. The number of hydrogen-bond donors (Lipinski definition) is 4. The maximum atomic E-state index is 6.35. The molecule has 16 nitrogen and oxygen atoms in total. The summed E-state index contributed by atoms with van der Waals surface area (Å²) in [5.74, 6) is 3.53. The zero-order chi connectivity index (χ0) is 85.0. The predicted molar refractivity (Wildman–Crippen MR) is 501 cm³/mol. The van der Waals surface area contributed by atoms with Gasteiger partial charge in [-0.05, 0) is 236 Å². The highest BCUT2D eigenvalue weighted by atomic mass is 35.5. The highest BCUT2D eigenvalue weighted by Gasteiger charge is 2.44. The topological polar surface area (TPSA) is 170 Å². The summed E-state index contributed by atoms with van der Waals surface area (Å²) in [6.07, 6.45) is 14.3. The molecule has 24 heteroatoms. The van der Waals surface area contributed by atoms with Crippen molar-refractivity contribution in [3.63, 3.8) is 0 Å². The third kappa shape index (κ3) is 20.1. The Balaban J connectivity index is 0.000000126. The number of likely N-dealkylation sites (N-methyl/N-ethyl adjacent to an activating group) is 1. The summed E-state index contributed by atoms with van der Waals surface area (Å²) in [4.78, 5) is 45.1. The second-order valence-electron chi connectivity index (χ2n) is 34.0. The first-order chi connectivity index (χ1) is 58.2. The van der Waals surface area contributed by atoms with Crippen LogP contribution in [0.1, 0.15) is 158 Å². The fourth-order valence-corrected chi connectivity index (χ4v) is 18.8. The van der Waals surface area contributed by atoms with E-state index in [0.29, 0.717) is 76.1 Å². The van der Waals surface area contributed by atoms with Crippen LogP contribution in [0.15, 0.2) is 195 Å². The Bertz CT molecular complexity index is 5710. The maximum Gasteiger partial charge on any atom is 0.223 e. The van der Waals surface area contributed by atoms with E-state index in [9.17, 15) is 0 Å². The molecule has 2 saturated heterocycles. The number of ether oxygens (including phenoxy) is 1. The minimum atomic E-state index is 0.104. The summed E-state index contributed by atoms with van der Waals surface area (Å²) in [5, 5.41) is 18.4. The van der Waals surface area contributed by atoms with Gasteiger partial charge in [0.25, 0.3) is 0 Å². The summed E-state index contributed by atoms with van der Waals surface area (Å²) in [7, 11) is 6.37. The van der Waals surface area contributed by atoms with Crippen LogP contribution in [0.5, 0.6) is 0 Å². The minimum absolute atomic E-state index is 0.104. The van der Waals surface area contributed by atoms with Crippen LogP contribution in [0.25, 0.3) is 45.0 Å². The van der Waals surface area contributed by atoms with Gasteiger partial charge in [-0.15, -0.1) is 0 Å². The van der Waals surface area contributed by atoms with Gasteiger partial charge in [-0.3, -0.25) is 9.80 Å². The quantitative estimate of drug-likeness (QED) is 0.0635. The van der Waals surface area contributed by atoms with E-state index in [1.807, 2.05) is 73.3 Å². The molecule has 5 unspecified atom stereocenters. The van der Waals surface area contributed by atoms with Gasteiger partial charge in [0.15, 0.2) is 0 Å². The number of anilines is 4.